The van der Waals surface area contributed by atoms with Crippen LogP contribution in [0.2, 0.25) is 0 Å². The van der Waals surface area contributed by atoms with Gasteiger partial charge in [0, 0.05) is 24.0 Å². The summed E-state index contributed by atoms with van der Waals surface area (Å²) in [6.07, 6.45) is -0.653. The molecule has 1 aliphatic rings. The number of amides is 1. The fourth-order valence-corrected chi connectivity index (χ4v) is 3.15. The van der Waals surface area contributed by atoms with Crippen LogP contribution in [0.15, 0.2) is 33.8 Å². The molecule has 0 saturated heterocycles. The first-order valence-corrected chi connectivity index (χ1v) is 9.08. The topological polar surface area (TPSA) is 86.0 Å². The molecule has 1 aromatic heterocycles. The summed E-state index contributed by atoms with van der Waals surface area (Å²) in [6.45, 7) is 6.89. The summed E-state index contributed by atoms with van der Waals surface area (Å²) in [6, 6.07) is 7.05. The van der Waals surface area contributed by atoms with Crippen LogP contribution in [0.5, 0.6) is 5.75 Å². The number of carbonyl (C=O) groups excluding carboxylic acids is 2. The van der Waals surface area contributed by atoms with Crippen molar-refractivity contribution in [3.8, 4) is 5.75 Å². The smallest absolute Gasteiger partial charge is 0.308 e. The predicted molar refractivity (Wildman–Crippen MR) is 101 cm³/mol. The van der Waals surface area contributed by atoms with Gasteiger partial charge in [0.15, 0.2) is 0 Å². The third kappa shape index (κ3) is 4.19. The number of benzene rings is 1. The fraction of sp³-hybridized carbons (Fsp3) is 0.333. The fourth-order valence-electron chi connectivity index (χ4n) is 2.79. The molecule has 8 nitrogen and oxygen atoms in total. The second-order valence-electron chi connectivity index (χ2n) is 6.18. The standard InChI is InChI=1S/C18H19BrN4O4/c1-10-7-11(2)22(20-10)9-17-23(12(3)24)21-18(27-17)15-8-14(19)5-6-16(15)26-13(4)25/h5-8,17H,9H2,1-4H3/t17-/m0/s1. The van der Waals surface area contributed by atoms with Crippen LogP contribution < -0.4 is 4.74 Å². The summed E-state index contributed by atoms with van der Waals surface area (Å²) in [5, 5.41) is 9.98. The van der Waals surface area contributed by atoms with Gasteiger partial charge in [0.2, 0.25) is 18.0 Å². The monoisotopic (exact) mass is 434 g/mol. The van der Waals surface area contributed by atoms with Gasteiger partial charge in [0.1, 0.15) is 5.75 Å². The van der Waals surface area contributed by atoms with E-state index in [2.05, 4.69) is 26.1 Å². The number of rotatable bonds is 4. The van der Waals surface area contributed by atoms with E-state index in [0.29, 0.717) is 17.9 Å². The van der Waals surface area contributed by atoms with Gasteiger partial charge in [0.05, 0.1) is 17.8 Å². The molecule has 1 atom stereocenters. The molecule has 0 fully saturated rings. The van der Waals surface area contributed by atoms with Gasteiger partial charge in [-0.25, -0.2) is 0 Å². The third-order valence-electron chi connectivity index (χ3n) is 3.90. The first-order valence-electron chi connectivity index (χ1n) is 8.29. The van der Waals surface area contributed by atoms with Gasteiger partial charge in [-0.2, -0.15) is 10.1 Å². The lowest BCUT2D eigenvalue weighted by atomic mass is 10.2. The van der Waals surface area contributed by atoms with E-state index in [1.165, 1.54) is 18.9 Å². The molecule has 0 saturated carbocycles. The number of hydrogen-bond donors (Lipinski definition) is 0. The number of hydrazone groups is 1. The molecule has 2 aromatic rings. The number of aryl methyl sites for hydroxylation is 2. The number of aromatic nitrogens is 2. The van der Waals surface area contributed by atoms with Crippen molar-refractivity contribution >= 4 is 33.7 Å². The molecule has 0 radical (unpaired) electrons. The molecule has 142 valence electrons. The van der Waals surface area contributed by atoms with E-state index in [-0.39, 0.29) is 11.8 Å². The van der Waals surface area contributed by atoms with Gasteiger partial charge in [-0.3, -0.25) is 14.3 Å². The van der Waals surface area contributed by atoms with Crippen molar-refractivity contribution in [3.63, 3.8) is 0 Å². The number of esters is 1. The number of halogens is 1. The molecule has 0 N–H and O–H groups in total. The summed E-state index contributed by atoms with van der Waals surface area (Å²) in [5.41, 5.74) is 2.31. The zero-order valence-electron chi connectivity index (χ0n) is 15.4. The maximum atomic E-state index is 12.1. The van der Waals surface area contributed by atoms with E-state index >= 15 is 0 Å². The highest BCUT2D eigenvalue weighted by Crippen LogP contribution is 2.28. The molecule has 3 rings (SSSR count). The molecule has 27 heavy (non-hydrogen) atoms. The Labute approximate surface area is 164 Å². The molecule has 0 spiro atoms. The Balaban J connectivity index is 1.92. The van der Waals surface area contributed by atoms with E-state index in [0.717, 1.165) is 15.9 Å². The normalized spacial score (nSPS) is 16.1. The van der Waals surface area contributed by atoms with Crippen molar-refractivity contribution in [2.24, 2.45) is 5.10 Å². The second kappa shape index (κ2) is 7.51. The summed E-state index contributed by atoms with van der Waals surface area (Å²) < 4.78 is 13.7. The van der Waals surface area contributed by atoms with Crippen LogP contribution in [0.3, 0.4) is 0 Å². The van der Waals surface area contributed by atoms with Crippen LogP contribution in [0, 0.1) is 13.8 Å². The molecule has 1 aromatic carbocycles. The summed E-state index contributed by atoms with van der Waals surface area (Å²) in [5.74, 6) is -0.214. The quantitative estimate of drug-likeness (QED) is 0.545. The number of nitrogens with zero attached hydrogens (tertiary/aromatic N) is 4. The average molecular weight is 435 g/mol. The molecule has 1 amide bonds. The minimum atomic E-state index is -0.653. The predicted octanol–water partition coefficient (Wildman–Crippen LogP) is 2.75. The van der Waals surface area contributed by atoms with E-state index in [4.69, 9.17) is 9.47 Å². The van der Waals surface area contributed by atoms with Gasteiger partial charge in [-0.05, 0) is 38.1 Å². The van der Waals surface area contributed by atoms with Crippen LogP contribution in [0.1, 0.15) is 30.8 Å². The highest BCUT2D eigenvalue weighted by Gasteiger charge is 2.34. The number of carbonyl (C=O) groups is 2. The number of ether oxygens (including phenoxy) is 2. The van der Waals surface area contributed by atoms with Gasteiger partial charge >= 0.3 is 5.97 Å². The maximum Gasteiger partial charge on any atom is 0.308 e. The Morgan fingerprint density at radius 2 is 2.00 bits per heavy atom. The SMILES string of the molecule is CC(=O)Oc1ccc(Br)cc1C1=NN(C(C)=O)[C@H](Cn2nc(C)cc2C)O1. The second-order valence-corrected chi connectivity index (χ2v) is 7.10. The molecular weight excluding hydrogens is 416 g/mol. The Kier molecular flexibility index (Phi) is 5.31. The average Bonchev–Trinajstić information content (AvgIpc) is 3.12. The van der Waals surface area contributed by atoms with Crippen LogP contribution >= 0.6 is 15.9 Å². The molecular formula is C18H19BrN4O4. The number of hydrogen-bond acceptors (Lipinski definition) is 6. The van der Waals surface area contributed by atoms with E-state index in [1.807, 2.05) is 19.9 Å². The van der Waals surface area contributed by atoms with Gasteiger partial charge in [0.25, 0.3) is 0 Å². The minimum Gasteiger partial charge on any atom is -0.448 e. The summed E-state index contributed by atoms with van der Waals surface area (Å²) in [7, 11) is 0. The Morgan fingerprint density at radius 1 is 1.26 bits per heavy atom. The van der Waals surface area contributed by atoms with Gasteiger partial charge in [-0.1, -0.05) is 15.9 Å². The zero-order chi connectivity index (χ0) is 19.7. The Bertz CT molecular complexity index is 937. The van der Waals surface area contributed by atoms with Gasteiger partial charge in [-0.15, -0.1) is 5.10 Å². The van der Waals surface area contributed by atoms with Crippen molar-refractivity contribution < 1.29 is 19.1 Å². The third-order valence-corrected chi connectivity index (χ3v) is 4.39. The minimum absolute atomic E-state index is 0.203. The van der Waals surface area contributed by atoms with Crippen molar-refractivity contribution in [2.45, 2.75) is 40.5 Å². The molecule has 0 bridgehead atoms. The Hall–Kier alpha value is -2.68. The summed E-state index contributed by atoms with van der Waals surface area (Å²) in [4.78, 5) is 23.5. The zero-order valence-corrected chi connectivity index (χ0v) is 17.0. The van der Waals surface area contributed by atoms with Crippen molar-refractivity contribution in [2.75, 3.05) is 0 Å². The van der Waals surface area contributed by atoms with E-state index < -0.39 is 12.2 Å². The Morgan fingerprint density at radius 3 is 2.59 bits per heavy atom. The lowest BCUT2D eigenvalue weighted by Gasteiger charge is -2.19. The first-order chi connectivity index (χ1) is 12.7. The van der Waals surface area contributed by atoms with Crippen LogP contribution in [0.4, 0.5) is 0 Å². The highest BCUT2D eigenvalue weighted by atomic mass is 79.9. The molecule has 1 aliphatic heterocycles. The van der Waals surface area contributed by atoms with Gasteiger partial charge < -0.3 is 9.47 Å². The molecule has 0 unspecified atom stereocenters. The first kappa shape index (κ1) is 19.1. The lowest BCUT2D eigenvalue weighted by molar-refractivity contribution is -0.135. The van der Waals surface area contributed by atoms with E-state index in [1.54, 1.807) is 22.9 Å². The summed E-state index contributed by atoms with van der Waals surface area (Å²) >= 11 is 3.39. The van der Waals surface area contributed by atoms with Crippen molar-refractivity contribution in [1.29, 1.82) is 0 Å². The van der Waals surface area contributed by atoms with Crippen LogP contribution in [-0.4, -0.2) is 38.8 Å². The van der Waals surface area contributed by atoms with Crippen LogP contribution in [0.25, 0.3) is 0 Å². The lowest BCUT2D eigenvalue weighted by Crippen LogP contribution is -2.36. The van der Waals surface area contributed by atoms with Crippen molar-refractivity contribution in [1.82, 2.24) is 14.8 Å². The van der Waals surface area contributed by atoms with E-state index in [9.17, 15) is 9.59 Å². The largest absolute Gasteiger partial charge is 0.448 e. The molecule has 0 aliphatic carbocycles. The molecule has 2 heterocycles. The molecule has 9 heteroatoms. The van der Waals surface area contributed by atoms with Crippen LogP contribution in [-0.2, 0) is 20.9 Å². The highest BCUT2D eigenvalue weighted by molar-refractivity contribution is 9.10. The maximum absolute atomic E-state index is 12.1. The van der Waals surface area contributed by atoms with Crippen molar-refractivity contribution in [3.05, 3.63) is 45.7 Å².